The first-order valence-corrected chi connectivity index (χ1v) is 9.23. The number of para-hydroxylation sites is 1. The number of nitrogens with one attached hydrogen (secondary N) is 1. The second-order valence-corrected chi connectivity index (χ2v) is 7.09. The van der Waals surface area contributed by atoms with Crippen LogP contribution in [0.15, 0.2) is 41.0 Å². The summed E-state index contributed by atoms with van der Waals surface area (Å²) in [4.78, 5) is 38.6. The van der Waals surface area contributed by atoms with Crippen LogP contribution in [-0.4, -0.2) is 35.3 Å². The lowest BCUT2D eigenvalue weighted by molar-refractivity contribution is -0.157. The fourth-order valence-electron chi connectivity index (χ4n) is 3.23. The lowest BCUT2D eigenvalue weighted by Crippen LogP contribution is -2.33. The van der Waals surface area contributed by atoms with Crippen LogP contribution >= 0.6 is 0 Å². The quantitative estimate of drug-likeness (QED) is 0.774. The van der Waals surface area contributed by atoms with Crippen LogP contribution < -0.4 is 5.32 Å². The molecule has 3 rings (SSSR count). The molecule has 0 bridgehead atoms. The summed E-state index contributed by atoms with van der Waals surface area (Å²) in [5.41, 5.74) is 2.58. The molecule has 2 amide bonds. The van der Waals surface area contributed by atoms with E-state index in [1.165, 1.54) is 13.2 Å². The minimum absolute atomic E-state index is 0.0742. The molecule has 2 atom stereocenters. The normalized spacial score (nSPS) is 17.5. The number of ether oxygens (including phenoxy) is 1. The molecular formula is C21H24N2O5. The molecule has 1 aliphatic heterocycles. The lowest BCUT2D eigenvalue weighted by atomic mass is 10.1. The number of carbonyl (C=O) groups excluding carboxylic acids is 3. The van der Waals surface area contributed by atoms with Gasteiger partial charge in [0.2, 0.25) is 5.91 Å². The minimum atomic E-state index is -0.958. The molecule has 1 fully saturated rings. The van der Waals surface area contributed by atoms with Crippen LogP contribution in [0.4, 0.5) is 5.69 Å². The van der Waals surface area contributed by atoms with Crippen LogP contribution in [0, 0.1) is 19.8 Å². The fourth-order valence-corrected chi connectivity index (χ4v) is 3.23. The molecule has 1 saturated heterocycles. The summed E-state index contributed by atoms with van der Waals surface area (Å²) in [6.45, 7) is 5.90. The van der Waals surface area contributed by atoms with E-state index in [2.05, 4.69) is 5.32 Å². The third-order valence-electron chi connectivity index (χ3n) is 4.87. The summed E-state index contributed by atoms with van der Waals surface area (Å²) in [6, 6.07) is 9.24. The van der Waals surface area contributed by atoms with Gasteiger partial charge in [0.1, 0.15) is 5.76 Å². The van der Waals surface area contributed by atoms with Crippen molar-refractivity contribution >= 4 is 23.5 Å². The molecule has 0 saturated carbocycles. The standard InChI is InChI=1S/C21H24N2O5/c1-13-6-4-7-14(2)19(13)22-20(25)15(3)28-21(26)16-10-18(24)23(11-16)12-17-8-5-9-27-17/h4-9,15-16H,10-12H2,1-3H3,(H,22,25)/t15-,16-/m1/s1. The number of rotatable bonds is 6. The van der Waals surface area contributed by atoms with E-state index in [-0.39, 0.29) is 18.9 Å². The minimum Gasteiger partial charge on any atom is -0.467 e. The first-order valence-electron chi connectivity index (χ1n) is 9.23. The van der Waals surface area contributed by atoms with E-state index in [9.17, 15) is 14.4 Å². The maximum Gasteiger partial charge on any atom is 0.312 e. The van der Waals surface area contributed by atoms with Gasteiger partial charge in [0.25, 0.3) is 5.91 Å². The van der Waals surface area contributed by atoms with Crippen molar-refractivity contribution in [2.45, 2.75) is 39.8 Å². The molecule has 1 aliphatic rings. The van der Waals surface area contributed by atoms with E-state index in [0.29, 0.717) is 12.3 Å². The molecule has 7 heteroatoms. The number of hydrogen-bond donors (Lipinski definition) is 1. The lowest BCUT2D eigenvalue weighted by Gasteiger charge is -2.18. The van der Waals surface area contributed by atoms with E-state index in [1.807, 2.05) is 32.0 Å². The van der Waals surface area contributed by atoms with Crippen LogP contribution in [0.5, 0.6) is 0 Å². The van der Waals surface area contributed by atoms with Crippen molar-refractivity contribution < 1.29 is 23.5 Å². The number of benzene rings is 1. The van der Waals surface area contributed by atoms with Gasteiger partial charge in [0.05, 0.1) is 18.7 Å². The molecule has 7 nitrogen and oxygen atoms in total. The van der Waals surface area contributed by atoms with Crippen LogP contribution in [0.2, 0.25) is 0 Å². The van der Waals surface area contributed by atoms with Gasteiger partial charge in [-0.25, -0.2) is 0 Å². The Morgan fingerprint density at radius 3 is 2.61 bits per heavy atom. The first kappa shape index (κ1) is 19.7. The zero-order valence-corrected chi connectivity index (χ0v) is 16.2. The summed E-state index contributed by atoms with van der Waals surface area (Å²) in [5, 5.41) is 2.82. The number of amides is 2. The van der Waals surface area contributed by atoms with E-state index in [0.717, 1.165) is 16.8 Å². The Morgan fingerprint density at radius 2 is 1.96 bits per heavy atom. The highest BCUT2D eigenvalue weighted by Gasteiger charge is 2.37. The van der Waals surface area contributed by atoms with Crippen LogP contribution in [0.3, 0.4) is 0 Å². The largest absolute Gasteiger partial charge is 0.467 e. The molecule has 148 valence electrons. The molecule has 0 aliphatic carbocycles. The molecule has 2 aromatic rings. The van der Waals surface area contributed by atoms with Crippen molar-refractivity contribution in [3.63, 3.8) is 0 Å². The SMILES string of the molecule is Cc1cccc(C)c1NC(=O)[C@@H](C)OC(=O)[C@@H]1CC(=O)N(Cc2ccco2)C1. The Hall–Kier alpha value is -3.09. The smallest absolute Gasteiger partial charge is 0.312 e. The molecule has 0 radical (unpaired) electrons. The highest BCUT2D eigenvalue weighted by atomic mass is 16.5. The molecule has 1 aromatic heterocycles. The third-order valence-corrected chi connectivity index (χ3v) is 4.87. The number of esters is 1. The molecule has 28 heavy (non-hydrogen) atoms. The highest BCUT2D eigenvalue weighted by Crippen LogP contribution is 2.23. The highest BCUT2D eigenvalue weighted by molar-refractivity contribution is 5.96. The van der Waals surface area contributed by atoms with Crippen molar-refractivity contribution in [2.24, 2.45) is 5.92 Å². The average molecular weight is 384 g/mol. The van der Waals surface area contributed by atoms with Crippen LogP contribution in [0.1, 0.15) is 30.2 Å². The van der Waals surface area contributed by atoms with Gasteiger partial charge in [-0.2, -0.15) is 0 Å². The molecule has 0 spiro atoms. The first-order chi connectivity index (χ1) is 13.3. The number of hydrogen-bond acceptors (Lipinski definition) is 5. The monoisotopic (exact) mass is 384 g/mol. The second kappa shape index (κ2) is 8.29. The van der Waals surface area contributed by atoms with Gasteiger partial charge in [-0.3, -0.25) is 14.4 Å². The van der Waals surface area contributed by atoms with E-state index < -0.39 is 23.9 Å². The van der Waals surface area contributed by atoms with Gasteiger partial charge in [0, 0.05) is 18.7 Å². The van der Waals surface area contributed by atoms with Crippen molar-refractivity contribution in [3.05, 3.63) is 53.5 Å². The summed E-state index contributed by atoms with van der Waals surface area (Å²) < 4.78 is 10.6. The van der Waals surface area contributed by atoms with Gasteiger partial charge in [-0.1, -0.05) is 18.2 Å². The van der Waals surface area contributed by atoms with Gasteiger partial charge >= 0.3 is 5.97 Å². The molecule has 2 heterocycles. The number of carbonyl (C=O) groups is 3. The van der Waals surface area contributed by atoms with Gasteiger partial charge in [-0.15, -0.1) is 0 Å². The van der Waals surface area contributed by atoms with Crippen molar-refractivity contribution in [3.8, 4) is 0 Å². The molecular weight excluding hydrogens is 360 g/mol. The fraction of sp³-hybridized carbons (Fsp3) is 0.381. The van der Waals surface area contributed by atoms with E-state index >= 15 is 0 Å². The van der Waals surface area contributed by atoms with Crippen LogP contribution in [-0.2, 0) is 25.7 Å². The van der Waals surface area contributed by atoms with E-state index in [4.69, 9.17) is 9.15 Å². The summed E-state index contributed by atoms with van der Waals surface area (Å²) in [6.07, 6.45) is 0.656. The Balaban J connectivity index is 1.55. The molecule has 1 aromatic carbocycles. The van der Waals surface area contributed by atoms with Gasteiger partial charge < -0.3 is 19.4 Å². The zero-order valence-electron chi connectivity index (χ0n) is 16.2. The number of aryl methyl sites for hydroxylation is 2. The van der Waals surface area contributed by atoms with Gasteiger partial charge in [0.15, 0.2) is 6.10 Å². The van der Waals surface area contributed by atoms with Crippen molar-refractivity contribution in [1.29, 1.82) is 0 Å². The molecule has 1 N–H and O–H groups in total. The maximum absolute atomic E-state index is 12.4. The maximum atomic E-state index is 12.4. The van der Waals surface area contributed by atoms with Crippen LogP contribution in [0.25, 0.3) is 0 Å². The second-order valence-electron chi connectivity index (χ2n) is 7.09. The van der Waals surface area contributed by atoms with Crippen molar-refractivity contribution in [1.82, 2.24) is 4.90 Å². The summed E-state index contributed by atoms with van der Waals surface area (Å²) in [7, 11) is 0. The predicted octanol–water partition coefficient (Wildman–Crippen LogP) is 2.82. The number of furan rings is 1. The Morgan fingerprint density at radius 1 is 1.25 bits per heavy atom. The average Bonchev–Trinajstić information content (AvgIpc) is 3.28. The predicted molar refractivity (Wildman–Crippen MR) is 102 cm³/mol. The summed E-state index contributed by atoms with van der Waals surface area (Å²) in [5.74, 6) is -1.01. The Kier molecular flexibility index (Phi) is 5.82. The van der Waals surface area contributed by atoms with Gasteiger partial charge in [-0.05, 0) is 44.0 Å². The Labute approximate surface area is 163 Å². The zero-order chi connectivity index (χ0) is 20.3. The van der Waals surface area contributed by atoms with E-state index in [1.54, 1.807) is 17.0 Å². The topological polar surface area (TPSA) is 88.8 Å². The Bertz CT molecular complexity index is 855. The summed E-state index contributed by atoms with van der Waals surface area (Å²) >= 11 is 0. The number of likely N-dealkylation sites (tertiary alicyclic amines) is 1. The van der Waals surface area contributed by atoms with Crippen molar-refractivity contribution in [2.75, 3.05) is 11.9 Å². The third kappa shape index (κ3) is 4.42. The molecule has 0 unspecified atom stereocenters. The number of nitrogens with zero attached hydrogens (tertiary/aromatic N) is 1. The number of anilines is 1.